The van der Waals surface area contributed by atoms with E-state index < -0.39 is 42.6 Å². The van der Waals surface area contributed by atoms with Gasteiger partial charge in [-0.3, -0.25) is 0 Å². The Morgan fingerprint density at radius 3 is 1.57 bits per heavy atom. The number of hydrogen-bond donors (Lipinski definition) is 1. The van der Waals surface area contributed by atoms with Crippen LogP contribution >= 0.6 is 0 Å². The summed E-state index contributed by atoms with van der Waals surface area (Å²) in [5.74, 6) is -1.10. The first-order chi connectivity index (χ1) is 13.6. The van der Waals surface area contributed by atoms with Crippen LogP contribution in [0, 0.1) is 5.92 Å². The molecule has 8 heteroatoms. The van der Waals surface area contributed by atoms with Crippen molar-refractivity contribution >= 4 is 20.2 Å². The molecule has 1 unspecified atom stereocenters. The Hall–Kier alpha value is -0.820. The molecule has 2 fully saturated rings. The maximum atomic E-state index is 12.5. The molecule has 30 heavy (non-hydrogen) atoms. The third-order valence-corrected chi connectivity index (χ3v) is 7.31. The molecule has 0 spiro atoms. The highest BCUT2D eigenvalue weighted by Gasteiger charge is 2.58. The standard InChI is InChI=1S/C22H40B2O6/c1-11-12-13-14-15(2)16(23-27-19(3,4)20(5,6)28-23)17(18(25)26)24-29-21(7,8)22(9,10)30-24/h15H,11-14H2,1-10H3,(H,25,26). The lowest BCUT2D eigenvalue weighted by Crippen LogP contribution is -2.41. The Kier molecular flexibility index (Phi) is 7.30. The van der Waals surface area contributed by atoms with Crippen molar-refractivity contribution in [1.29, 1.82) is 0 Å². The molecule has 2 aliphatic heterocycles. The van der Waals surface area contributed by atoms with Crippen molar-refractivity contribution in [3.8, 4) is 0 Å². The molecule has 0 amide bonds. The van der Waals surface area contributed by atoms with Gasteiger partial charge in [-0.2, -0.15) is 0 Å². The molecule has 0 aromatic carbocycles. The van der Waals surface area contributed by atoms with Crippen molar-refractivity contribution in [3.63, 3.8) is 0 Å². The number of rotatable bonds is 8. The fourth-order valence-electron chi connectivity index (χ4n) is 3.77. The monoisotopic (exact) mass is 422 g/mol. The Bertz CT molecular complexity index is 651. The third kappa shape index (κ3) is 4.82. The van der Waals surface area contributed by atoms with Crippen LogP contribution in [0.25, 0.3) is 0 Å². The van der Waals surface area contributed by atoms with Gasteiger partial charge in [0.05, 0.1) is 27.9 Å². The molecule has 2 heterocycles. The molecule has 0 saturated carbocycles. The largest absolute Gasteiger partial charge is 0.501 e. The van der Waals surface area contributed by atoms with Crippen molar-refractivity contribution < 1.29 is 28.5 Å². The van der Waals surface area contributed by atoms with Crippen molar-refractivity contribution in [2.75, 3.05) is 0 Å². The van der Waals surface area contributed by atoms with E-state index in [1.54, 1.807) is 0 Å². The first-order valence-corrected chi connectivity index (χ1v) is 11.2. The van der Waals surface area contributed by atoms with Gasteiger partial charge < -0.3 is 23.7 Å². The van der Waals surface area contributed by atoms with Gasteiger partial charge in [0.15, 0.2) is 0 Å². The first-order valence-electron chi connectivity index (χ1n) is 11.2. The molecule has 1 N–H and O–H groups in total. The molecule has 2 rings (SSSR count). The van der Waals surface area contributed by atoms with Crippen molar-refractivity contribution in [1.82, 2.24) is 0 Å². The van der Waals surface area contributed by atoms with Gasteiger partial charge in [-0.05, 0) is 73.2 Å². The van der Waals surface area contributed by atoms with E-state index in [-0.39, 0.29) is 11.4 Å². The van der Waals surface area contributed by atoms with Crippen LogP contribution in [-0.4, -0.2) is 47.7 Å². The molecule has 170 valence electrons. The van der Waals surface area contributed by atoms with Gasteiger partial charge >= 0.3 is 20.2 Å². The molecule has 0 radical (unpaired) electrons. The van der Waals surface area contributed by atoms with E-state index in [1.807, 2.05) is 62.3 Å². The molecule has 0 aliphatic carbocycles. The second-order valence-electron chi connectivity index (χ2n) is 10.7. The van der Waals surface area contributed by atoms with E-state index in [9.17, 15) is 9.90 Å². The summed E-state index contributed by atoms with van der Waals surface area (Å²) in [7, 11) is -1.73. The maximum Gasteiger partial charge on any atom is 0.501 e. The number of carboxylic acids is 1. The Balaban J connectivity index is 2.54. The number of allylic oxidation sites excluding steroid dienone is 1. The van der Waals surface area contributed by atoms with Gasteiger partial charge in [0.1, 0.15) is 0 Å². The van der Waals surface area contributed by atoms with Gasteiger partial charge in [-0.15, -0.1) is 0 Å². The zero-order chi connectivity index (χ0) is 23.1. The second kappa shape index (κ2) is 8.61. The average Bonchev–Trinajstić information content (AvgIpc) is 2.91. The molecule has 6 nitrogen and oxygen atoms in total. The zero-order valence-electron chi connectivity index (χ0n) is 20.5. The Labute approximate surface area is 183 Å². The Morgan fingerprint density at radius 1 is 0.800 bits per heavy atom. The minimum Gasteiger partial charge on any atom is -0.478 e. The van der Waals surface area contributed by atoms with Crippen molar-refractivity contribution in [2.45, 2.75) is 117 Å². The first kappa shape index (κ1) is 25.4. The maximum absolute atomic E-state index is 12.5. The number of carboxylic acid groups (broad SMARTS) is 1. The number of unbranched alkanes of at least 4 members (excludes halogenated alkanes) is 2. The van der Waals surface area contributed by atoms with Crippen LogP contribution in [0.4, 0.5) is 0 Å². The fourth-order valence-corrected chi connectivity index (χ4v) is 3.77. The number of hydrogen-bond acceptors (Lipinski definition) is 5. The van der Waals surface area contributed by atoms with Crippen molar-refractivity contribution in [3.05, 3.63) is 10.9 Å². The fraction of sp³-hybridized carbons (Fsp3) is 0.864. The minimum absolute atomic E-state index is 0.0450. The van der Waals surface area contributed by atoms with Crippen LogP contribution in [0.15, 0.2) is 10.9 Å². The number of carbonyl (C=O) groups is 1. The van der Waals surface area contributed by atoms with E-state index in [0.717, 1.165) is 25.7 Å². The van der Waals surface area contributed by atoms with Gasteiger partial charge in [0.25, 0.3) is 0 Å². The predicted molar refractivity (Wildman–Crippen MR) is 120 cm³/mol. The topological polar surface area (TPSA) is 74.2 Å². The normalized spacial score (nSPS) is 25.9. The van der Waals surface area contributed by atoms with Crippen LogP contribution in [0.2, 0.25) is 0 Å². The number of aliphatic carboxylic acids is 1. The minimum atomic E-state index is -1.06. The summed E-state index contributed by atoms with van der Waals surface area (Å²) in [6.45, 7) is 19.8. The highest BCUT2D eigenvalue weighted by Crippen LogP contribution is 2.44. The third-order valence-electron chi connectivity index (χ3n) is 7.31. The smallest absolute Gasteiger partial charge is 0.478 e. The molecule has 2 saturated heterocycles. The molecular formula is C22H40B2O6. The van der Waals surface area contributed by atoms with Crippen LogP contribution in [0.5, 0.6) is 0 Å². The van der Waals surface area contributed by atoms with E-state index in [4.69, 9.17) is 18.6 Å². The predicted octanol–water partition coefficient (Wildman–Crippen LogP) is 4.85. The summed E-state index contributed by atoms with van der Waals surface area (Å²) in [5, 5.41) is 10.3. The quantitative estimate of drug-likeness (QED) is 0.343. The zero-order valence-corrected chi connectivity index (χ0v) is 20.5. The summed E-state index contributed by atoms with van der Waals surface area (Å²) in [5.41, 5.74) is -1.67. The summed E-state index contributed by atoms with van der Waals surface area (Å²) in [4.78, 5) is 12.5. The SMILES string of the molecule is CCCCCC(C)C(B1OC(C)(C)C(C)(C)O1)=C(B1OC(C)(C)C(C)(C)O1)C(=O)O. The van der Waals surface area contributed by atoms with Gasteiger partial charge in [0.2, 0.25) is 0 Å². The van der Waals surface area contributed by atoms with Crippen LogP contribution in [0.3, 0.4) is 0 Å². The van der Waals surface area contributed by atoms with Gasteiger partial charge in [-0.1, -0.05) is 33.1 Å². The van der Waals surface area contributed by atoms with Crippen molar-refractivity contribution in [2.24, 2.45) is 5.92 Å². The van der Waals surface area contributed by atoms with E-state index in [2.05, 4.69) is 6.92 Å². The van der Waals surface area contributed by atoms with Gasteiger partial charge in [-0.25, -0.2) is 4.79 Å². The molecule has 2 aliphatic rings. The highest BCUT2D eigenvalue weighted by atomic mass is 16.7. The lowest BCUT2D eigenvalue weighted by molar-refractivity contribution is -0.132. The molecular weight excluding hydrogens is 382 g/mol. The average molecular weight is 422 g/mol. The lowest BCUT2D eigenvalue weighted by Gasteiger charge is -2.32. The summed E-state index contributed by atoms with van der Waals surface area (Å²) in [6.07, 6.45) is 4.06. The second-order valence-corrected chi connectivity index (χ2v) is 10.7. The molecule has 0 bridgehead atoms. The molecule has 0 aromatic heterocycles. The van der Waals surface area contributed by atoms with Crippen LogP contribution in [0.1, 0.15) is 94.9 Å². The Morgan fingerprint density at radius 2 is 1.20 bits per heavy atom. The summed E-state index contributed by atoms with van der Waals surface area (Å²) < 4.78 is 24.9. The molecule has 0 aromatic rings. The van der Waals surface area contributed by atoms with E-state index >= 15 is 0 Å². The molecule has 1 atom stereocenters. The van der Waals surface area contributed by atoms with E-state index in [1.165, 1.54) is 0 Å². The lowest BCUT2D eigenvalue weighted by atomic mass is 9.60. The summed E-state index contributed by atoms with van der Waals surface area (Å²) >= 11 is 0. The van der Waals surface area contributed by atoms with E-state index in [0.29, 0.717) is 5.47 Å². The van der Waals surface area contributed by atoms with Gasteiger partial charge in [0, 0.05) is 0 Å². The highest BCUT2D eigenvalue weighted by molar-refractivity contribution is 6.67. The summed E-state index contributed by atoms with van der Waals surface area (Å²) in [6, 6.07) is 0. The van der Waals surface area contributed by atoms with Crippen LogP contribution in [-0.2, 0) is 23.4 Å². The van der Waals surface area contributed by atoms with Crippen LogP contribution < -0.4 is 0 Å².